The maximum Gasteiger partial charge on any atom is 0.239 e. The Balaban J connectivity index is 1.70. The average molecular weight is 355 g/mol. The number of halogens is 1. The van der Waals surface area contributed by atoms with Crippen molar-refractivity contribution in [1.82, 2.24) is 15.2 Å². The van der Waals surface area contributed by atoms with Gasteiger partial charge in [0.25, 0.3) is 0 Å². The molecule has 1 fully saturated rings. The van der Waals surface area contributed by atoms with Gasteiger partial charge in [-0.1, -0.05) is 0 Å². The number of pyridine rings is 1. The van der Waals surface area contributed by atoms with Gasteiger partial charge < -0.3 is 10.6 Å². The predicted octanol–water partition coefficient (Wildman–Crippen LogP) is 2.10. The number of likely N-dealkylation sites (tertiary alicyclic amines) is 1. The Morgan fingerprint density at radius 1 is 1.43 bits per heavy atom. The Morgan fingerprint density at radius 3 is 2.81 bits per heavy atom. The van der Waals surface area contributed by atoms with Crippen molar-refractivity contribution in [3.05, 3.63) is 22.8 Å². The molecule has 1 aromatic rings. The third-order valence-corrected chi connectivity index (χ3v) is 4.34. The summed E-state index contributed by atoms with van der Waals surface area (Å²) >= 11 is 3.33. The van der Waals surface area contributed by atoms with Gasteiger partial charge in [0.05, 0.1) is 6.54 Å². The molecule has 1 saturated heterocycles. The van der Waals surface area contributed by atoms with Gasteiger partial charge >= 0.3 is 0 Å². The van der Waals surface area contributed by atoms with Gasteiger partial charge in [0, 0.05) is 10.7 Å². The molecule has 2 heterocycles. The standard InChI is InChI=1S/C15H23BrN4O/c1-17-7-4-12-5-8-20(9-6-12)11-15(21)19-14-3-2-13(16)10-18-14/h2-3,10,12,17H,4-9,11H2,1H3,(H,18,19,21). The summed E-state index contributed by atoms with van der Waals surface area (Å²) in [5.41, 5.74) is 0. The maximum atomic E-state index is 12.0. The zero-order valence-corrected chi connectivity index (χ0v) is 14.0. The third kappa shape index (κ3) is 5.73. The van der Waals surface area contributed by atoms with Crippen molar-refractivity contribution >= 4 is 27.7 Å². The van der Waals surface area contributed by atoms with Gasteiger partial charge in [0.2, 0.25) is 5.91 Å². The molecular weight excluding hydrogens is 332 g/mol. The highest BCUT2D eigenvalue weighted by Gasteiger charge is 2.20. The lowest BCUT2D eigenvalue weighted by atomic mass is 9.93. The molecule has 0 spiro atoms. The van der Waals surface area contributed by atoms with Gasteiger partial charge in [-0.3, -0.25) is 9.69 Å². The van der Waals surface area contributed by atoms with Crippen LogP contribution in [0.2, 0.25) is 0 Å². The first-order valence-electron chi connectivity index (χ1n) is 7.45. The summed E-state index contributed by atoms with van der Waals surface area (Å²) in [6.45, 7) is 3.56. The number of amides is 1. The zero-order chi connectivity index (χ0) is 15.1. The third-order valence-electron chi connectivity index (χ3n) is 3.87. The number of piperidine rings is 1. The first kappa shape index (κ1) is 16.4. The second-order valence-electron chi connectivity index (χ2n) is 5.52. The van der Waals surface area contributed by atoms with Crippen LogP contribution in [0.5, 0.6) is 0 Å². The fraction of sp³-hybridized carbons (Fsp3) is 0.600. The number of aromatic nitrogens is 1. The minimum atomic E-state index is 0.0125. The van der Waals surface area contributed by atoms with E-state index in [0.717, 1.165) is 30.0 Å². The molecule has 2 N–H and O–H groups in total. The van der Waals surface area contributed by atoms with Crippen molar-refractivity contribution < 1.29 is 4.79 Å². The summed E-state index contributed by atoms with van der Waals surface area (Å²) < 4.78 is 0.907. The summed E-state index contributed by atoms with van der Waals surface area (Å²) in [6, 6.07) is 3.67. The Bertz CT molecular complexity index is 443. The predicted molar refractivity (Wildman–Crippen MR) is 88.3 cm³/mol. The molecule has 0 aliphatic carbocycles. The van der Waals surface area contributed by atoms with Crippen LogP contribution < -0.4 is 10.6 Å². The van der Waals surface area contributed by atoms with E-state index in [1.807, 2.05) is 13.1 Å². The van der Waals surface area contributed by atoms with Gasteiger partial charge in [0.15, 0.2) is 0 Å². The second kappa shape index (κ2) is 8.46. The molecule has 0 unspecified atom stereocenters. The van der Waals surface area contributed by atoms with Crippen molar-refractivity contribution in [3.8, 4) is 0 Å². The highest BCUT2D eigenvalue weighted by molar-refractivity contribution is 9.10. The average Bonchev–Trinajstić information content (AvgIpc) is 2.49. The van der Waals surface area contributed by atoms with Crippen LogP contribution in [0.15, 0.2) is 22.8 Å². The second-order valence-corrected chi connectivity index (χ2v) is 6.44. The fourth-order valence-corrected chi connectivity index (χ4v) is 2.85. The molecule has 1 aliphatic heterocycles. The highest BCUT2D eigenvalue weighted by atomic mass is 79.9. The van der Waals surface area contributed by atoms with E-state index in [2.05, 4.69) is 36.4 Å². The Hall–Kier alpha value is -0.980. The fourth-order valence-electron chi connectivity index (χ4n) is 2.62. The molecule has 21 heavy (non-hydrogen) atoms. The molecule has 5 nitrogen and oxygen atoms in total. The van der Waals surface area contributed by atoms with E-state index in [4.69, 9.17) is 0 Å². The molecule has 1 aliphatic rings. The van der Waals surface area contributed by atoms with Crippen LogP contribution in [-0.4, -0.2) is 49.0 Å². The van der Waals surface area contributed by atoms with Crippen LogP contribution in [0.3, 0.4) is 0 Å². The van der Waals surface area contributed by atoms with Gasteiger partial charge in [-0.25, -0.2) is 4.98 Å². The summed E-state index contributed by atoms with van der Waals surface area (Å²) in [5, 5.41) is 6.04. The number of hydrogen-bond acceptors (Lipinski definition) is 4. The minimum absolute atomic E-state index is 0.0125. The van der Waals surface area contributed by atoms with Crippen molar-refractivity contribution in [1.29, 1.82) is 0 Å². The molecule has 0 bridgehead atoms. The summed E-state index contributed by atoms with van der Waals surface area (Å²) in [5.74, 6) is 1.41. The smallest absolute Gasteiger partial charge is 0.239 e. The molecule has 6 heteroatoms. The minimum Gasteiger partial charge on any atom is -0.320 e. The lowest BCUT2D eigenvalue weighted by Gasteiger charge is -2.31. The SMILES string of the molecule is CNCCC1CCN(CC(=O)Nc2ccc(Br)cn2)CC1. The number of carbonyl (C=O) groups is 1. The van der Waals surface area contributed by atoms with Crippen molar-refractivity contribution in [2.45, 2.75) is 19.3 Å². The number of rotatable bonds is 6. The van der Waals surface area contributed by atoms with Gasteiger partial charge in [0.1, 0.15) is 5.82 Å². The maximum absolute atomic E-state index is 12.0. The monoisotopic (exact) mass is 354 g/mol. The summed E-state index contributed by atoms with van der Waals surface area (Å²) in [7, 11) is 2.00. The lowest BCUT2D eigenvalue weighted by molar-refractivity contribution is -0.117. The first-order valence-corrected chi connectivity index (χ1v) is 8.25. The quantitative estimate of drug-likeness (QED) is 0.821. The molecule has 0 radical (unpaired) electrons. The number of hydrogen-bond donors (Lipinski definition) is 2. The van der Waals surface area contributed by atoms with E-state index in [9.17, 15) is 4.79 Å². The van der Waals surface area contributed by atoms with Gasteiger partial charge in [-0.2, -0.15) is 0 Å². The first-order chi connectivity index (χ1) is 10.2. The Labute approximate surface area is 134 Å². The Morgan fingerprint density at radius 2 is 2.19 bits per heavy atom. The van der Waals surface area contributed by atoms with Crippen LogP contribution in [0.4, 0.5) is 5.82 Å². The number of anilines is 1. The van der Waals surface area contributed by atoms with Crippen LogP contribution in [0.1, 0.15) is 19.3 Å². The largest absolute Gasteiger partial charge is 0.320 e. The van der Waals surface area contributed by atoms with Crippen LogP contribution in [0, 0.1) is 5.92 Å². The lowest BCUT2D eigenvalue weighted by Crippen LogP contribution is -2.39. The van der Waals surface area contributed by atoms with Crippen molar-refractivity contribution in [2.24, 2.45) is 5.92 Å². The molecule has 1 amide bonds. The molecule has 0 aromatic carbocycles. The van der Waals surface area contributed by atoms with E-state index >= 15 is 0 Å². The van der Waals surface area contributed by atoms with E-state index in [-0.39, 0.29) is 5.91 Å². The van der Waals surface area contributed by atoms with Gasteiger partial charge in [-0.15, -0.1) is 0 Å². The van der Waals surface area contributed by atoms with Crippen LogP contribution in [-0.2, 0) is 4.79 Å². The van der Waals surface area contributed by atoms with E-state index < -0.39 is 0 Å². The van der Waals surface area contributed by atoms with E-state index in [1.54, 1.807) is 12.3 Å². The van der Waals surface area contributed by atoms with Crippen molar-refractivity contribution in [3.63, 3.8) is 0 Å². The number of nitrogens with zero attached hydrogens (tertiary/aromatic N) is 2. The van der Waals surface area contributed by atoms with Crippen LogP contribution >= 0.6 is 15.9 Å². The normalized spacial score (nSPS) is 16.9. The van der Waals surface area contributed by atoms with E-state index in [1.165, 1.54) is 19.3 Å². The highest BCUT2D eigenvalue weighted by Crippen LogP contribution is 2.19. The van der Waals surface area contributed by atoms with Gasteiger partial charge in [-0.05, 0) is 79.9 Å². The summed E-state index contributed by atoms with van der Waals surface area (Å²) in [6.07, 6.45) is 5.29. The number of carbonyl (C=O) groups excluding carboxylic acids is 1. The molecule has 0 saturated carbocycles. The molecular formula is C15H23BrN4O. The van der Waals surface area contributed by atoms with Crippen molar-refractivity contribution in [2.75, 3.05) is 38.5 Å². The molecule has 2 rings (SSSR count). The van der Waals surface area contributed by atoms with Crippen LogP contribution in [0.25, 0.3) is 0 Å². The topological polar surface area (TPSA) is 57.3 Å². The molecule has 0 atom stereocenters. The summed E-state index contributed by atoms with van der Waals surface area (Å²) in [4.78, 5) is 18.4. The number of nitrogens with one attached hydrogen (secondary N) is 2. The zero-order valence-electron chi connectivity index (χ0n) is 12.4. The Kier molecular flexibility index (Phi) is 6.60. The molecule has 116 valence electrons. The molecule has 1 aromatic heterocycles. The van der Waals surface area contributed by atoms with E-state index in [0.29, 0.717) is 12.4 Å².